The number of rotatable bonds is 4. The van der Waals surface area contributed by atoms with Crippen molar-refractivity contribution in [2.24, 2.45) is 4.99 Å². The zero-order valence-corrected chi connectivity index (χ0v) is 22.3. The highest BCUT2D eigenvalue weighted by Gasteiger charge is 2.55. The van der Waals surface area contributed by atoms with Crippen LogP contribution in [0.1, 0.15) is 18.7 Å². The van der Waals surface area contributed by atoms with Gasteiger partial charge in [0.25, 0.3) is 0 Å². The first-order valence-corrected chi connectivity index (χ1v) is 12.7. The number of fused-ring (bicyclic) bond motifs is 1. The van der Waals surface area contributed by atoms with E-state index in [4.69, 9.17) is 14.9 Å². The molecule has 208 valence electrons. The Bertz CT molecular complexity index is 1520. The molecule has 40 heavy (non-hydrogen) atoms. The van der Waals surface area contributed by atoms with Crippen molar-refractivity contribution in [3.05, 3.63) is 64.4 Å². The Labute approximate surface area is 233 Å². The normalized spacial score (nSPS) is 26.4. The number of aliphatic imine (C=N–C) groups is 1. The van der Waals surface area contributed by atoms with Crippen LogP contribution in [0.5, 0.6) is 0 Å². The van der Waals surface area contributed by atoms with E-state index in [0.29, 0.717) is 10.2 Å². The van der Waals surface area contributed by atoms with Gasteiger partial charge in [-0.2, -0.15) is 15.4 Å². The zero-order valence-electron chi connectivity index (χ0n) is 20.7. The molecule has 2 aromatic heterocycles. The van der Waals surface area contributed by atoms with Crippen LogP contribution in [0.4, 0.5) is 18.9 Å². The molecule has 2 aliphatic heterocycles. The van der Waals surface area contributed by atoms with Crippen molar-refractivity contribution in [1.82, 2.24) is 14.8 Å². The van der Waals surface area contributed by atoms with E-state index in [1.54, 1.807) is 6.07 Å². The maximum atomic E-state index is 13.9. The number of nitrogens with two attached hydrogens (primary N) is 1. The second-order valence-corrected chi connectivity index (χ2v) is 10.2. The van der Waals surface area contributed by atoms with E-state index in [1.165, 1.54) is 35.5 Å². The average Bonchev–Trinajstić information content (AvgIpc) is 3.53. The monoisotopic (exact) mass is 620 g/mol. The van der Waals surface area contributed by atoms with Crippen LogP contribution >= 0.6 is 15.9 Å². The topological polar surface area (TPSA) is 166 Å². The highest BCUT2D eigenvalue weighted by atomic mass is 79.9. The molecule has 11 nitrogen and oxygen atoms in total. The van der Waals surface area contributed by atoms with Gasteiger partial charge >= 0.3 is 0 Å². The Kier molecular flexibility index (Phi) is 7.82. The van der Waals surface area contributed by atoms with E-state index in [2.05, 4.69) is 31.0 Å². The van der Waals surface area contributed by atoms with Crippen LogP contribution in [0.3, 0.4) is 0 Å². The lowest BCUT2D eigenvalue weighted by Crippen LogP contribution is -2.87. The van der Waals surface area contributed by atoms with E-state index < -0.39 is 54.0 Å². The van der Waals surface area contributed by atoms with E-state index in [9.17, 15) is 28.6 Å². The molecule has 0 aliphatic carbocycles. The molecule has 15 heteroatoms. The summed E-state index contributed by atoms with van der Waals surface area (Å²) in [6.07, 6.45) is -1.37. The summed E-state index contributed by atoms with van der Waals surface area (Å²) in [5, 5.41) is 45.4. The predicted octanol–water partition coefficient (Wildman–Crippen LogP) is 1.72. The molecule has 3 aromatic rings. The van der Waals surface area contributed by atoms with E-state index in [1.807, 2.05) is 6.07 Å². The molecule has 0 spiro atoms. The van der Waals surface area contributed by atoms with Gasteiger partial charge in [-0.1, -0.05) is 0 Å². The number of aromatic nitrogens is 3. The molecule has 0 amide bonds. The third-order valence-corrected chi connectivity index (χ3v) is 7.00. The number of amidine groups is 2. The molecule has 0 saturated carbocycles. The van der Waals surface area contributed by atoms with Gasteiger partial charge in [0.05, 0.1) is 12.8 Å². The zero-order chi connectivity index (χ0) is 28.7. The molecule has 0 bridgehead atoms. The minimum absolute atomic E-state index is 0.0193. The quantitative estimate of drug-likeness (QED) is 0.196. The second kappa shape index (κ2) is 11.2. The first kappa shape index (κ1) is 28.0. The minimum atomic E-state index is -1.60. The van der Waals surface area contributed by atoms with Crippen molar-refractivity contribution >= 4 is 33.3 Å². The number of ether oxygens (including phenoxy) is 2. The lowest BCUT2D eigenvalue weighted by Gasteiger charge is -2.41. The molecule has 4 unspecified atom stereocenters. The van der Waals surface area contributed by atoms with E-state index >= 15 is 0 Å². The fraction of sp³-hybridized carbons (Fsp3) is 0.320. The Morgan fingerprint density at radius 3 is 2.60 bits per heavy atom. The third kappa shape index (κ3) is 5.29. The van der Waals surface area contributed by atoms with Gasteiger partial charge in [-0.05, 0) is 40.5 Å². The highest BCUT2D eigenvalue weighted by Crippen LogP contribution is 2.38. The lowest BCUT2D eigenvalue weighted by atomic mass is 9.91. The number of pyridine rings is 1. The molecule has 0 radical (unpaired) electrons. The largest absolute Gasteiger partial charge is 0.388 e. The van der Waals surface area contributed by atoms with Gasteiger partial charge in [-0.25, -0.2) is 18.2 Å². The van der Waals surface area contributed by atoms with Gasteiger partial charge in [0.1, 0.15) is 42.4 Å². The summed E-state index contributed by atoms with van der Waals surface area (Å²) in [6.45, 7) is 1.32. The van der Waals surface area contributed by atoms with Gasteiger partial charge in [-0.15, -0.1) is 0 Å². The molecule has 5 N–H and O–H groups in total. The van der Waals surface area contributed by atoms with Crippen LogP contribution in [-0.2, 0) is 9.47 Å². The first-order chi connectivity index (χ1) is 19.1. The summed E-state index contributed by atoms with van der Waals surface area (Å²) in [7, 11) is 0. The average molecular weight is 621 g/mol. The number of hydrogen-bond acceptors (Lipinski definition) is 8. The number of aliphatic hydroxyl groups is 2. The number of aliphatic hydroxyl groups excluding tert-OH is 2. The van der Waals surface area contributed by atoms with Crippen molar-refractivity contribution in [3.8, 4) is 17.2 Å². The summed E-state index contributed by atoms with van der Waals surface area (Å²) in [6, 6.07) is 4.26. The van der Waals surface area contributed by atoms with Gasteiger partial charge in [0, 0.05) is 28.5 Å². The number of halogens is 4. The van der Waals surface area contributed by atoms with Gasteiger partial charge < -0.3 is 19.7 Å². The highest BCUT2D eigenvalue weighted by molar-refractivity contribution is 9.10. The van der Waals surface area contributed by atoms with Crippen LogP contribution in [0.25, 0.3) is 11.1 Å². The number of nitrogens with zero attached hydrogens (tertiary/aromatic N) is 5. The van der Waals surface area contributed by atoms with Crippen molar-refractivity contribution in [3.63, 3.8) is 0 Å². The van der Waals surface area contributed by atoms with E-state index in [-0.39, 0.29) is 35.1 Å². The lowest BCUT2D eigenvalue weighted by molar-refractivity contribution is -0.455. The molecule has 5 rings (SSSR count). The number of benzene rings is 1. The molecule has 2 saturated heterocycles. The Morgan fingerprint density at radius 2 is 1.93 bits per heavy atom. The molecular weight excluding hydrogens is 599 g/mol. The SMILES string of the molecule is CC(=N)N=C([NH2+]c1cc(Br)cnc1C#N)[C@@H]1OC2C(O)CO[C@@H]2C(n2cc(-c3cc(F)c(F)c(F)c3)cn2)C1O. The smallest absolute Gasteiger partial charge is 0.238 e. The van der Waals surface area contributed by atoms with Crippen LogP contribution in [0, 0.1) is 34.2 Å². The summed E-state index contributed by atoms with van der Waals surface area (Å²) in [5.74, 6) is -4.37. The molecule has 2 fully saturated rings. The fourth-order valence-electron chi connectivity index (χ4n) is 4.82. The van der Waals surface area contributed by atoms with Gasteiger partial charge in [0.15, 0.2) is 29.2 Å². The van der Waals surface area contributed by atoms with Crippen molar-refractivity contribution in [2.75, 3.05) is 6.61 Å². The molecule has 6 atom stereocenters. The Morgan fingerprint density at radius 1 is 1.20 bits per heavy atom. The number of quaternary nitrogens is 1. The standard InChI is InChI=1S/C25H21BrF3N7O4/c1-10(31)34-25(35-16-4-13(26)7-32-17(16)5-30)24-21(38)20(23-22(40-24)18(37)9-39-23)36-8-12(6-33-36)11-2-14(27)19(29)15(28)3-11/h2-4,6-8,18,20-24,37-38H,9H2,1H3,(H2,31,34,35)/p+1/t18?,20?,21?,22?,23-,24-/m1/s1. The van der Waals surface area contributed by atoms with Crippen LogP contribution in [0.15, 0.2) is 46.3 Å². The van der Waals surface area contributed by atoms with Crippen LogP contribution in [0.2, 0.25) is 0 Å². The summed E-state index contributed by atoms with van der Waals surface area (Å²) in [5.41, 5.74) is 0.665. The molecule has 1 aromatic carbocycles. The minimum Gasteiger partial charge on any atom is -0.388 e. The third-order valence-electron chi connectivity index (χ3n) is 6.57. The van der Waals surface area contributed by atoms with Gasteiger partial charge in [0.2, 0.25) is 11.5 Å². The first-order valence-electron chi connectivity index (χ1n) is 11.9. The van der Waals surface area contributed by atoms with Gasteiger partial charge in [-0.3, -0.25) is 15.4 Å². The maximum Gasteiger partial charge on any atom is 0.238 e. The summed E-state index contributed by atoms with van der Waals surface area (Å²) < 4.78 is 54.9. The maximum absolute atomic E-state index is 13.9. The second-order valence-electron chi connectivity index (χ2n) is 9.30. The Balaban J connectivity index is 1.54. The van der Waals surface area contributed by atoms with Crippen LogP contribution < -0.4 is 5.32 Å². The Hall–Kier alpha value is -3.52. The predicted molar refractivity (Wildman–Crippen MR) is 136 cm³/mol. The van der Waals surface area contributed by atoms with Crippen molar-refractivity contribution in [2.45, 2.75) is 43.5 Å². The van der Waals surface area contributed by atoms with Crippen LogP contribution in [-0.4, -0.2) is 73.8 Å². The number of hydrogen-bond donors (Lipinski definition) is 4. The number of nitriles is 1. The van der Waals surface area contributed by atoms with Crippen molar-refractivity contribution in [1.29, 1.82) is 10.7 Å². The molecule has 2 aliphatic rings. The molecule has 4 heterocycles. The summed E-state index contributed by atoms with van der Waals surface area (Å²) >= 11 is 3.31. The fourth-order valence-corrected chi connectivity index (χ4v) is 5.16. The van der Waals surface area contributed by atoms with Crippen molar-refractivity contribution < 1.29 is 38.2 Å². The molecular formula is C25H22BrF3N7O4+. The van der Waals surface area contributed by atoms with E-state index in [0.717, 1.165) is 12.1 Å². The summed E-state index contributed by atoms with van der Waals surface area (Å²) in [4.78, 5) is 8.30. The number of nitrogens with one attached hydrogen (secondary N) is 1.